The quantitative estimate of drug-likeness (QED) is 0.394. The summed E-state index contributed by atoms with van der Waals surface area (Å²) in [6, 6.07) is 3.51. The summed E-state index contributed by atoms with van der Waals surface area (Å²) < 4.78 is 54.3. The van der Waals surface area contributed by atoms with Crippen LogP contribution in [0.5, 0.6) is 0 Å². The Balaban J connectivity index is 1.61. The van der Waals surface area contributed by atoms with Crippen LogP contribution in [-0.2, 0) is 21.8 Å². The summed E-state index contributed by atoms with van der Waals surface area (Å²) in [7, 11) is -1.60. The molecular formula is C20H18F3N7O3S. The lowest BCUT2D eigenvalue weighted by atomic mass is 10.3. The lowest BCUT2D eigenvalue weighted by Gasteiger charge is -2.06. The second-order valence-corrected chi connectivity index (χ2v) is 9.37. The third-order valence-corrected chi connectivity index (χ3v) is 6.50. The van der Waals surface area contributed by atoms with E-state index in [1.165, 1.54) is 22.8 Å². The van der Waals surface area contributed by atoms with E-state index in [0.29, 0.717) is 12.5 Å². The smallest absolute Gasteiger partial charge is 0.273 e. The van der Waals surface area contributed by atoms with Crippen molar-refractivity contribution in [2.45, 2.75) is 31.0 Å². The normalized spacial score (nSPS) is 15.2. The average molecular weight is 493 g/mol. The summed E-state index contributed by atoms with van der Waals surface area (Å²) in [5, 5.41) is 8.56. The number of aromatic nitrogens is 6. The monoisotopic (exact) mass is 493 g/mol. The fraction of sp³-hybridized carbons (Fsp3) is 0.350. The molecule has 4 aromatic rings. The zero-order chi connectivity index (χ0) is 24.0. The molecule has 1 unspecified atom stereocenters. The van der Waals surface area contributed by atoms with Gasteiger partial charge in [0.2, 0.25) is 0 Å². The number of carbonyl (C=O) groups is 1. The molecule has 178 valence electrons. The van der Waals surface area contributed by atoms with Gasteiger partial charge in [0.25, 0.3) is 5.91 Å². The highest BCUT2D eigenvalue weighted by Gasteiger charge is 2.32. The number of nitrogens with one attached hydrogen (secondary N) is 1. The standard InChI is InChI=1S/C20H18F3N7O3S/c1-2-34(32)19-15(16-25-14-6-5-12(20(21,22)23)9-29(14)26-16)17-24-8-7-13(30(17)27-19)18(31)28-33-10-11-3-4-11/h5-9,11H,2-4,10H2,1H3,(H,28,31). The molecule has 4 aromatic heterocycles. The van der Waals surface area contributed by atoms with Gasteiger partial charge in [0.15, 0.2) is 22.1 Å². The maximum Gasteiger partial charge on any atom is 0.417 e. The van der Waals surface area contributed by atoms with Gasteiger partial charge in [-0.05, 0) is 37.0 Å². The summed E-state index contributed by atoms with van der Waals surface area (Å²) in [6.07, 6.45) is -0.254. The van der Waals surface area contributed by atoms with Crippen molar-refractivity contribution in [3.05, 3.63) is 41.9 Å². The molecule has 5 rings (SSSR count). The third-order valence-electron chi connectivity index (χ3n) is 5.26. The molecule has 10 nitrogen and oxygen atoms in total. The molecule has 0 spiro atoms. The lowest BCUT2D eigenvalue weighted by Crippen LogP contribution is -2.27. The highest BCUT2D eigenvalue weighted by Crippen LogP contribution is 2.32. The first-order chi connectivity index (χ1) is 16.3. The molecule has 1 amide bonds. The van der Waals surface area contributed by atoms with Crippen LogP contribution in [0.3, 0.4) is 0 Å². The van der Waals surface area contributed by atoms with Crippen LogP contribution in [0.25, 0.3) is 22.7 Å². The van der Waals surface area contributed by atoms with Crippen LogP contribution in [0.15, 0.2) is 35.6 Å². The topological polar surface area (TPSA) is 116 Å². The summed E-state index contributed by atoms with van der Waals surface area (Å²) >= 11 is 0. The predicted molar refractivity (Wildman–Crippen MR) is 113 cm³/mol. The van der Waals surface area contributed by atoms with Gasteiger partial charge in [-0.1, -0.05) is 6.92 Å². The first-order valence-corrected chi connectivity index (χ1v) is 11.7. The Morgan fingerprint density at radius 3 is 2.76 bits per heavy atom. The van der Waals surface area contributed by atoms with Crippen LogP contribution < -0.4 is 5.48 Å². The molecule has 1 fully saturated rings. The van der Waals surface area contributed by atoms with Crippen molar-refractivity contribution < 1.29 is 27.0 Å². The minimum atomic E-state index is -4.55. The van der Waals surface area contributed by atoms with E-state index < -0.39 is 28.4 Å². The van der Waals surface area contributed by atoms with Gasteiger partial charge in [0, 0.05) is 18.1 Å². The largest absolute Gasteiger partial charge is 0.417 e. The summed E-state index contributed by atoms with van der Waals surface area (Å²) in [5.41, 5.74) is 2.01. The molecular weight excluding hydrogens is 475 g/mol. The molecule has 1 atom stereocenters. The number of rotatable bonds is 7. The van der Waals surface area contributed by atoms with E-state index in [1.807, 2.05) is 0 Å². The minimum Gasteiger partial charge on any atom is -0.273 e. The first kappa shape index (κ1) is 22.4. The van der Waals surface area contributed by atoms with E-state index in [-0.39, 0.29) is 39.2 Å². The predicted octanol–water partition coefficient (Wildman–Crippen LogP) is 2.66. The Bertz CT molecular complexity index is 1430. The Hall–Kier alpha value is -3.39. The number of pyridine rings is 1. The number of fused-ring (bicyclic) bond motifs is 2. The van der Waals surface area contributed by atoms with E-state index in [4.69, 9.17) is 4.84 Å². The number of hydrogen-bond donors (Lipinski definition) is 1. The maximum atomic E-state index is 13.1. The van der Waals surface area contributed by atoms with Crippen molar-refractivity contribution in [1.29, 1.82) is 0 Å². The third kappa shape index (κ3) is 4.14. The molecule has 0 aliphatic heterocycles. The molecule has 0 aromatic carbocycles. The molecule has 14 heteroatoms. The van der Waals surface area contributed by atoms with Crippen molar-refractivity contribution >= 4 is 28.0 Å². The van der Waals surface area contributed by atoms with Gasteiger partial charge >= 0.3 is 6.18 Å². The van der Waals surface area contributed by atoms with Crippen molar-refractivity contribution in [2.75, 3.05) is 12.4 Å². The zero-order valence-electron chi connectivity index (χ0n) is 17.7. The van der Waals surface area contributed by atoms with Crippen LogP contribution in [0.2, 0.25) is 0 Å². The number of alkyl halides is 3. The summed E-state index contributed by atoms with van der Waals surface area (Å²) in [4.78, 5) is 26.5. The van der Waals surface area contributed by atoms with Gasteiger partial charge in [0.1, 0.15) is 11.3 Å². The van der Waals surface area contributed by atoms with E-state index in [2.05, 4.69) is 25.6 Å². The second-order valence-electron chi connectivity index (χ2n) is 7.72. The van der Waals surface area contributed by atoms with Crippen LogP contribution in [0.4, 0.5) is 13.2 Å². The van der Waals surface area contributed by atoms with E-state index >= 15 is 0 Å². The highest BCUT2D eigenvalue weighted by molar-refractivity contribution is 7.85. The average Bonchev–Trinajstić information content (AvgIpc) is 3.40. The number of hydrogen-bond acceptors (Lipinski definition) is 7. The van der Waals surface area contributed by atoms with E-state index in [9.17, 15) is 22.2 Å². The molecule has 4 heterocycles. The molecule has 1 saturated carbocycles. The van der Waals surface area contributed by atoms with Gasteiger partial charge in [-0.25, -0.2) is 24.5 Å². The van der Waals surface area contributed by atoms with Crippen LogP contribution in [0.1, 0.15) is 35.8 Å². The molecule has 1 N–H and O–H groups in total. The van der Waals surface area contributed by atoms with Gasteiger partial charge in [-0.3, -0.25) is 13.8 Å². The Labute approximate surface area is 192 Å². The van der Waals surface area contributed by atoms with Gasteiger partial charge in [-0.15, -0.1) is 5.10 Å². The van der Waals surface area contributed by atoms with Crippen molar-refractivity contribution in [2.24, 2.45) is 5.92 Å². The van der Waals surface area contributed by atoms with Crippen LogP contribution in [-0.4, -0.2) is 51.7 Å². The van der Waals surface area contributed by atoms with Crippen LogP contribution in [0, 0.1) is 5.92 Å². The fourth-order valence-corrected chi connectivity index (χ4v) is 4.16. The van der Waals surface area contributed by atoms with Gasteiger partial charge < -0.3 is 0 Å². The van der Waals surface area contributed by atoms with Crippen molar-refractivity contribution in [3.63, 3.8) is 0 Å². The summed E-state index contributed by atoms with van der Waals surface area (Å²) in [5.74, 6) is 0.0515. The van der Waals surface area contributed by atoms with E-state index in [1.54, 1.807) is 6.92 Å². The maximum absolute atomic E-state index is 13.1. The number of halogens is 3. The molecule has 0 saturated heterocycles. The van der Waals surface area contributed by atoms with Crippen LogP contribution >= 0.6 is 0 Å². The number of carbonyl (C=O) groups excluding carboxylic acids is 1. The van der Waals surface area contributed by atoms with Crippen molar-refractivity contribution in [3.8, 4) is 11.4 Å². The molecule has 1 aliphatic carbocycles. The zero-order valence-corrected chi connectivity index (χ0v) is 18.6. The van der Waals surface area contributed by atoms with Crippen molar-refractivity contribution in [1.82, 2.24) is 34.7 Å². The lowest BCUT2D eigenvalue weighted by molar-refractivity contribution is -0.137. The summed E-state index contributed by atoms with van der Waals surface area (Å²) in [6.45, 7) is 2.09. The Morgan fingerprint density at radius 2 is 2.06 bits per heavy atom. The highest BCUT2D eigenvalue weighted by atomic mass is 32.2. The fourth-order valence-electron chi connectivity index (χ4n) is 3.31. The number of amides is 1. The Kier molecular flexibility index (Phi) is 5.56. The van der Waals surface area contributed by atoms with Gasteiger partial charge in [-0.2, -0.15) is 18.3 Å². The second kappa shape index (κ2) is 8.43. The molecule has 1 aliphatic rings. The van der Waals surface area contributed by atoms with E-state index in [0.717, 1.165) is 29.6 Å². The first-order valence-electron chi connectivity index (χ1n) is 10.4. The number of nitrogens with zero attached hydrogens (tertiary/aromatic N) is 6. The van der Waals surface area contributed by atoms with Gasteiger partial charge in [0.05, 0.1) is 23.0 Å². The number of hydroxylamine groups is 1. The minimum absolute atomic E-state index is 0.0128. The molecule has 0 bridgehead atoms. The molecule has 34 heavy (non-hydrogen) atoms. The SMILES string of the molecule is CCS(=O)c1nn2c(C(=O)NOCC3CC3)ccnc2c1-c1nc2ccc(C(F)(F)F)cn2n1. The molecule has 0 radical (unpaired) electrons. The Morgan fingerprint density at radius 1 is 1.26 bits per heavy atom.